The van der Waals surface area contributed by atoms with Crippen LogP contribution >= 0.6 is 15.9 Å². The van der Waals surface area contributed by atoms with Crippen molar-refractivity contribution in [3.8, 4) is 0 Å². The van der Waals surface area contributed by atoms with Crippen LogP contribution in [0.5, 0.6) is 0 Å². The van der Waals surface area contributed by atoms with Gasteiger partial charge in [-0.05, 0) is 35.4 Å². The van der Waals surface area contributed by atoms with E-state index in [0.717, 1.165) is 21.3 Å². The smallest absolute Gasteiger partial charge is 0.337 e. The summed E-state index contributed by atoms with van der Waals surface area (Å²) in [5, 5.41) is 9.69. The fourth-order valence-electron chi connectivity index (χ4n) is 3.14. The van der Waals surface area contributed by atoms with Crippen molar-refractivity contribution in [2.45, 2.75) is 19.4 Å². The zero-order valence-electron chi connectivity index (χ0n) is 13.8. The molecule has 0 aliphatic carbocycles. The van der Waals surface area contributed by atoms with Crippen LogP contribution in [0.1, 0.15) is 24.0 Å². The molecule has 130 valence electrons. The van der Waals surface area contributed by atoms with Crippen molar-refractivity contribution in [3.63, 3.8) is 0 Å². The first-order chi connectivity index (χ1) is 11.9. The van der Waals surface area contributed by atoms with E-state index in [9.17, 15) is 14.3 Å². The summed E-state index contributed by atoms with van der Waals surface area (Å²) in [7, 11) is 1.46. The van der Waals surface area contributed by atoms with Gasteiger partial charge in [0.05, 0.1) is 13.7 Å². The van der Waals surface area contributed by atoms with Crippen LogP contribution in [-0.2, 0) is 16.1 Å². The second-order valence-corrected chi connectivity index (χ2v) is 6.78. The Bertz CT molecular complexity index is 848. The van der Waals surface area contributed by atoms with E-state index < -0.39 is 5.97 Å². The Hall–Kier alpha value is -2.34. The molecule has 1 unspecified atom stereocenters. The van der Waals surface area contributed by atoms with Crippen LogP contribution in [0.3, 0.4) is 0 Å². The van der Waals surface area contributed by atoms with Gasteiger partial charge in [0, 0.05) is 16.1 Å². The molecule has 1 aliphatic rings. The highest BCUT2D eigenvalue weighted by molar-refractivity contribution is 9.10. The Labute approximate surface area is 153 Å². The lowest BCUT2D eigenvalue weighted by Crippen LogP contribution is -2.32. The van der Waals surface area contributed by atoms with Gasteiger partial charge in [0.15, 0.2) is 0 Å². The highest BCUT2D eigenvalue weighted by Crippen LogP contribution is 2.43. The largest absolute Gasteiger partial charge is 0.482 e. The summed E-state index contributed by atoms with van der Waals surface area (Å²) in [4.78, 5) is 13.6. The number of nitrogens with zero attached hydrogens (tertiary/aromatic N) is 1. The number of rotatable bonds is 4. The van der Waals surface area contributed by atoms with Gasteiger partial charge in [-0.1, -0.05) is 41.1 Å². The fraction of sp³-hybridized carbons (Fsp3) is 0.211. The molecule has 6 heteroatoms. The number of aliphatic carboxylic acids is 1. The Kier molecular flexibility index (Phi) is 4.81. The molecule has 2 aromatic rings. The van der Waals surface area contributed by atoms with E-state index in [-0.39, 0.29) is 17.3 Å². The summed E-state index contributed by atoms with van der Waals surface area (Å²) in [5.74, 6) is -1.33. The molecule has 1 atom stereocenters. The summed E-state index contributed by atoms with van der Waals surface area (Å²) < 4.78 is 19.5. The molecule has 4 nitrogen and oxygen atoms in total. The molecule has 0 radical (unpaired) electrons. The summed E-state index contributed by atoms with van der Waals surface area (Å²) in [6, 6.07) is 11.9. The Morgan fingerprint density at radius 3 is 2.56 bits per heavy atom. The molecule has 0 spiro atoms. The average molecular weight is 406 g/mol. The van der Waals surface area contributed by atoms with Gasteiger partial charge in [-0.3, -0.25) is 0 Å². The molecule has 25 heavy (non-hydrogen) atoms. The predicted octanol–water partition coefficient (Wildman–Crippen LogP) is 4.65. The molecule has 1 heterocycles. The number of hydrogen-bond donors (Lipinski definition) is 1. The molecule has 0 saturated heterocycles. The molecule has 0 saturated carbocycles. The van der Waals surface area contributed by atoms with E-state index in [0.29, 0.717) is 12.4 Å². The van der Waals surface area contributed by atoms with Gasteiger partial charge in [-0.15, -0.1) is 0 Å². The zero-order chi connectivity index (χ0) is 18.1. The molecule has 0 bridgehead atoms. The Balaban J connectivity index is 2.15. The van der Waals surface area contributed by atoms with Gasteiger partial charge in [0.2, 0.25) is 5.88 Å². The van der Waals surface area contributed by atoms with Crippen LogP contribution in [-0.4, -0.2) is 18.2 Å². The van der Waals surface area contributed by atoms with Gasteiger partial charge in [-0.25, -0.2) is 9.18 Å². The van der Waals surface area contributed by atoms with Crippen molar-refractivity contribution in [1.29, 1.82) is 0 Å². The molecular formula is C19H17BrFNO3. The maximum Gasteiger partial charge on any atom is 0.337 e. The van der Waals surface area contributed by atoms with Crippen LogP contribution in [0.2, 0.25) is 0 Å². The molecule has 0 fully saturated rings. The summed E-state index contributed by atoms with van der Waals surface area (Å²) in [5.41, 5.74) is 2.83. The van der Waals surface area contributed by atoms with Gasteiger partial charge in [0.25, 0.3) is 0 Å². The third-order valence-corrected chi connectivity index (χ3v) is 4.83. The molecule has 0 amide bonds. The quantitative estimate of drug-likeness (QED) is 0.803. The number of anilines is 1. The normalized spacial score (nSPS) is 16.6. The number of methoxy groups -OCH3 is 1. The topological polar surface area (TPSA) is 49.8 Å². The van der Waals surface area contributed by atoms with E-state index in [2.05, 4.69) is 15.9 Å². The summed E-state index contributed by atoms with van der Waals surface area (Å²) >= 11 is 3.47. The van der Waals surface area contributed by atoms with E-state index >= 15 is 0 Å². The van der Waals surface area contributed by atoms with Crippen molar-refractivity contribution in [2.24, 2.45) is 0 Å². The standard InChI is InChI=1S/C19H17BrFNO3/c1-11-15-8-5-13(20)9-16(15)22(18(25-2)17(11)19(23)24)10-12-3-6-14(21)7-4-12/h3-9,11H,10H2,1-2H3,(H,23,24). The molecular weight excluding hydrogens is 389 g/mol. The molecule has 3 rings (SSSR count). The lowest BCUT2D eigenvalue weighted by molar-refractivity contribution is -0.133. The lowest BCUT2D eigenvalue weighted by Gasteiger charge is -2.36. The van der Waals surface area contributed by atoms with Crippen molar-refractivity contribution < 1.29 is 19.0 Å². The number of hydrogen-bond acceptors (Lipinski definition) is 3. The number of benzene rings is 2. The van der Waals surface area contributed by atoms with Crippen LogP contribution in [0, 0.1) is 5.82 Å². The highest BCUT2D eigenvalue weighted by Gasteiger charge is 2.35. The first-order valence-electron chi connectivity index (χ1n) is 7.75. The van der Waals surface area contributed by atoms with Crippen LogP contribution < -0.4 is 4.90 Å². The third kappa shape index (κ3) is 3.26. The second kappa shape index (κ2) is 6.88. The van der Waals surface area contributed by atoms with Crippen molar-refractivity contribution in [3.05, 3.63) is 75.3 Å². The zero-order valence-corrected chi connectivity index (χ0v) is 15.4. The number of fused-ring (bicyclic) bond motifs is 1. The van der Waals surface area contributed by atoms with Gasteiger partial charge >= 0.3 is 5.97 Å². The lowest BCUT2D eigenvalue weighted by atomic mass is 9.88. The number of carbonyl (C=O) groups is 1. The minimum Gasteiger partial charge on any atom is -0.482 e. The van der Waals surface area contributed by atoms with Gasteiger partial charge in [-0.2, -0.15) is 0 Å². The molecule has 2 aromatic carbocycles. The SMILES string of the molecule is COC1=C(C(=O)O)C(C)c2ccc(Br)cc2N1Cc1ccc(F)cc1. The highest BCUT2D eigenvalue weighted by atomic mass is 79.9. The number of carboxylic acid groups (broad SMARTS) is 1. The fourth-order valence-corrected chi connectivity index (χ4v) is 3.49. The van der Waals surface area contributed by atoms with Gasteiger partial charge in [0.1, 0.15) is 11.4 Å². The molecule has 1 N–H and O–H groups in total. The molecule has 1 aliphatic heterocycles. The summed E-state index contributed by atoms with van der Waals surface area (Å²) in [6.07, 6.45) is 0. The van der Waals surface area contributed by atoms with E-state index in [1.807, 2.05) is 30.0 Å². The van der Waals surface area contributed by atoms with Crippen LogP contribution in [0.4, 0.5) is 10.1 Å². The van der Waals surface area contributed by atoms with E-state index in [1.54, 1.807) is 12.1 Å². The maximum atomic E-state index is 13.2. The monoisotopic (exact) mass is 405 g/mol. The Morgan fingerprint density at radius 1 is 1.28 bits per heavy atom. The Morgan fingerprint density at radius 2 is 1.96 bits per heavy atom. The van der Waals surface area contributed by atoms with Crippen LogP contribution in [0.15, 0.2) is 58.4 Å². The van der Waals surface area contributed by atoms with E-state index in [1.165, 1.54) is 19.2 Å². The van der Waals surface area contributed by atoms with Crippen molar-refractivity contribution >= 4 is 27.6 Å². The number of carboxylic acids is 1. The van der Waals surface area contributed by atoms with Crippen molar-refractivity contribution in [2.75, 3.05) is 12.0 Å². The maximum absolute atomic E-state index is 13.2. The number of ether oxygens (including phenoxy) is 1. The second-order valence-electron chi connectivity index (χ2n) is 5.87. The first-order valence-corrected chi connectivity index (χ1v) is 8.54. The average Bonchev–Trinajstić information content (AvgIpc) is 2.58. The summed E-state index contributed by atoms with van der Waals surface area (Å²) in [6.45, 7) is 2.22. The molecule has 0 aromatic heterocycles. The minimum absolute atomic E-state index is 0.208. The van der Waals surface area contributed by atoms with Crippen LogP contribution in [0.25, 0.3) is 0 Å². The van der Waals surface area contributed by atoms with Crippen molar-refractivity contribution in [1.82, 2.24) is 0 Å². The first kappa shape index (κ1) is 17.5. The number of halogens is 2. The predicted molar refractivity (Wildman–Crippen MR) is 96.8 cm³/mol. The third-order valence-electron chi connectivity index (χ3n) is 4.34. The van der Waals surface area contributed by atoms with E-state index in [4.69, 9.17) is 4.74 Å². The van der Waals surface area contributed by atoms with Gasteiger partial charge < -0.3 is 14.7 Å². The minimum atomic E-state index is -1.01.